The number of hydrogen-bond acceptors (Lipinski definition) is 5. The monoisotopic (exact) mass is 440 g/mol. The molecule has 0 aliphatic heterocycles. The van der Waals surface area contributed by atoms with Gasteiger partial charge in [0.1, 0.15) is 0 Å². The van der Waals surface area contributed by atoms with Gasteiger partial charge in [-0.2, -0.15) is 0 Å². The molecule has 0 aliphatic carbocycles. The molecule has 0 saturated carbocycles. The van der Waals surface area contributed by atoms with E-state index in [1.807, 2.05) is 37.3 Å². The van der Waals surface area contributed by atoms with Crippen molar-refractivity contribution in [1.29, 1.82) is 0 Å². The van der Waals surface area contributed by atoms with Crippen LogP contribution in [0.1, 0.15) is 42.3 Å². The van der Waals surface area contributed by atoms with Crippen molar-refractivity contribution in [2.24, 2.45) is 0 Å². The molecule has 5 nitrogen and oxygen atoms in total. The standard InChI is InChI=1S/C25H32O5Si/c1-8-29-22(26)15-14-20-21(25(27)30-9-2)16-18-12-10-11-13-19(18)23(20)24(17(3)28-4)31(5,6)7/h10-16H,8-9H2,1-7H3/b15-14+,24-17-. The highest BCUT2D eigenvalue weighted by molar-refractivity contribution is 6.94. The fraction of sp³-hybridized carbons (Fsp3) is 0.360. The molecular formula is C25H32O5Si. The van der Waals surface area contributed by atoms with Crippen LogP contribution in [0.2, 0.25) is 19.6 Å². The minimum absolute atomic E-state index is 0.260. The molecule has 31 heavy (non-hydrogen) atoms. The number of benzene rings is 2. The molecule has 0 N–H and O–H groups in total. The number of carbonyl (C=O) groups excluding carboxylic acids is 2. The van der Waals surface area contributed by atoms with Crippen LogP contribution in [0.5, 0.6) is 0 Å². The third-order valence-corrected chi connectivity index (χ3v) is 7.02. The number of esters is 2. The predicted octanol–water partition coefficient (Wildman–Crippen LogP) is 5.85. The lowest BCUT2D eigenvalue weighted by atomic mass is 9.92. The van der Waals surface area contributed by atoms with Crippen molar-refractivity contribution < 1.29 is 23.8 Å². The van der Waals surface area contributed by atoms with E-state index in [2.05, 4.69) is 19.6 Å². The Morgan fingerprint density at radius 1 is 1.03 bits per heavy atom. The van der Waals surface area contributed by atoms with Crippen molar-refractivity contribution in [2.45, 2.75) is 40.4 Å². The molecule has 2 aromatic carbocycles. The lowest BCUT2D eigenvalue weighted by molar-refractivity contribution is -0.137. The first-order chi connectivity index (χ1) is 14.6. The highest BCUT2D eigenvalue weighted by Gasteiger charge is 2.30. The second kappa shape index (κ2) is 10.4. The van der Waals surface area contributed by atoms with Gasteiger partial charge in [-0.25, -0.2) is 9.59 Å². The molecule has 0 aromatic heterocycles. The highest BCUT2D eigenvalue weighted by Crippen LogP contribution is 2.39. The average Bonchev–Trinajstić information content (AvgIpc) is 2.71. The minimum atomic E-state index is -1.96. The average molecular weight is 441 g/mol. The normalized spacial score (nSPS) is 12.6. The molecule has 6 heteroatoms. The van der Waals surface area contributed by atoms with E-state index < -0.39 is 20.0 Å². The first-order valence-corrected chi connectivity index (χ1v) is 14.0. The molecule has 0 heterocycles. The topological polar surface area (TPSA) is 61.8 Å². The molecule has 0 radical (unpaired) electrons. The van der Waals surface area contributed by atoms with E-state index >= 15 is 0 Å². The van der Waals surface area contributed by atoms with Crippen LogP contribution >= 0.6 is 0 Å². The van der Waals surface area contributed by atoms with Crippen LogP contribution in [0.15, 0.2) is 42.2 Å². The van der Waals surface area contributed by atoms with Crippen LogP contribution in [-0.4, -0.2) is 40.3 Å². The largest absolute Gasteiger partial charge is 0.502 e. The summed E-state index contributed by atoms with van der Waals surface area (Å²) < 4.78 is 16.1. The number of allylic oxidation sites excluding steroid dienone is 1. The zero-order valence-corrected chi connectivity index (χ0v) is 20.5. The van der Waals surface area contributed by atoms with Gasteiger partial charge in [0, 0.05) is 6.08 Å². The Labute approximate surface area is 185 Å². The van der Waals surface area contributed by atoms with Crippen molar-refractivity contribution in [2.75, 3.05) is 20.3 Å². The molecule has 0 atom stereocenters. The number of fused-ring (bicyclic) bond motifs is 1. The van der Waals surface area contributed by atoms with E-state index in [4.69, 9.17) is 14.2 Å². The first kappa shape index (κ1) is 24.4. The number of methoxy groups -OCH3 is 1. The van der Waals surface area contributed by atoms with Gasteiger partial charge >= 0.3 is 11.9 Å². The lowest BCUT2D eigenvalue weighted by Gasteiger charge is -2.27. The van der Waals surface area contributed by atoms with Crippen LogP contribution in [0.3, 0.4) is 0 Å². The maximum Gasteiger partial charge on any atom is 0.338 e. The summed E-state index contributed by atoms with van der Waals surface area (Å²) in [6.07, 6.45) is 3.03. The van der Waals surface area contributed by atoms with Gasteiger partial charge in [0.05, 0.1) is 39.7 Å². The van der Waals surface area contributed by atoms with Gasteiger partial charge in [-0.05, 0) is 60.0 Å². The van der Waals surface area contributed by atoms with E-state index in [1.54, 1.807) is 27.0 Å². The van der Waals surface area contributed by atoms with Crippen LogP contribution in [-0.2, 0) is 19.0 Å². The fourth-order valence-electron chi connectivity index (χ4n) is 3.71. The molecule has 0 amide bonds. The zero-order chi connectivity index (χ0) is 23.2. The summed E-state index contributed by atoms with van der Waals surface area (Å²) in [5.41, 5.74) is 1.95. The highest BCUT2D eigenvalue weighted by atomic mass is 28.3. The molecule has 166 valence electrons. The van der Waals surface area contributed by atoms with Gasteiger partial charge in [0.2, 0.25) is 0 Å². The Hall–Kier alpha value is -2.86. The first-order valence-electron chi connectivity index (χ1n) is 10.5. The van der Waals surface area contributed by atoms with Crippen molar-refractivity contribution in [3.63, 3.8) is 0 Å². The number of carbonyl (C=O) groups is 2. The van der Waals surface area contributed by atoms with Gasteiger partial charge in [-0.3, -0.25) is 0 Å². The maximum atomic E-state index is 12.9. The van der Waals surface area contributed by atoms with Crippen LogP contribution < -0.4 is 0 Å². The SMILES string of the molecule is CCOC(=O)/C=C/c1c(C(=O)OCC)cc2ccccc2c1/C(=C(\C)OC)[Si](C)(C)C. The summed E-state index contributed by atoms with van der Waals surface area (Å²) >= 11 is 0. The number of ether oxygens (including phenoxy) is 3. The Morgan fingerprint density at radius 2 is 1.68 bits per heavy atom. The van der Waals surface area contributed by atoms with E-state index in [0.717, 1.165) is 27.3 Å². The molecule has 2 rings (SSSR count). The lowest BCUT2D eigenvalue weighted by Crippen LogP contribution is -2.26. The van der Waals surface area contributed by atoms with Crippen molar-refractivity contribution >= 4 is 42.1 Å². The second-order valence-corrected chi connectivity index (χ2v) is 13.1. The van der Waals surface area contributed by atoms with Crippen LogP contribution in [0.25, 0.3) is 22.0 Å². The molecule has 0 unspecified atom stereocenters. The minimum Gasteiger partial charge on any atom is -0.502 e. The smallest absolute Gasteiger partial charge is 0.338 e. The molecule has 2 aromatic rings. The summed E-state index contributed by atoms with van der Waals surface area (Å²) in [5, 5.41) is 3.00. The quantitative estimate of drug-likeness (QED) is 0.223. The van der Waals surface area contributed by atoms with E-state index in [-0.39, 0.29) is 13.2 Å². The van der Waals surface area contributed by atoms with Crippen LogP contribution in [0, 0.1) is 0 Å². The molecule has 0 saturated heterocycles. The Morgan fingerprint density at radius 3 is 2.26 bits per heavy atom. The van der Waals surface area contributed by atoms with E-state index in [9.17, 15) is 9.59 Å². The molecular weight excluding hydrogens is 408 g/mol. The van der Waals surface area contributed by atoms with Gasteiger partial charge in [-0.15, -0.1) is 0 Å². The summed E-state index contributed by atoms with van der Waals surface area (Å²) in [5.74, 6) is -0.0856. The van der Waals surface area contributed by atoms with E-state index in [0.29, 0.717) is 11.1 Å². The van der Waals surface area contributed by atoms with Crippen LogP contribution in [0.4, 0.5) is 0 Å². The van der Waals surface area contributed by atoms with Crippen molar-refractivity contribution in [3.8, 4) is 0 Å². The van der Waals surface area contributed by atoms with E-state index in [1.165, 1.54) is 6.08 Å². The number of hydrogen-bond donors (Lipinski definition) is 0. The second-order valence-electron chi connectivity index (χ2n) is 8.13. The van der Waals surface area contributed by atoms with Gasteiger partial charge in [0.25, 0.3) is 0 Å². The van der Waals surface area contributed by atoms with Crippen molar-refractivity contribution in [3.05, 3.63) is 58.9 Å². The summed E-state index contributed by atoms with van der Waals surface area (Å²) in [7, 11) is -0.302. The summed E-state index contributed by atoms with van der Waals surface area (Å²) in [4.78, 5) is 25.0. The van der Waals surface area contributed by atoms with Gasteiger partial charge < -0.3 is 14.2 Å². The summed E-state index contributed by atoms with van der Waals surface area (Å²) in [6, 6.07) is 9.75. The van der Waals surface area contributed by atoms with Gasteiger partial charge in [-0.1, -0.05) is 43.9 Å². The van der Waals surface area contributed by atoms with Crippen molar-refractivity contribution in [1.82, 2.24) is 0 Å². The Bertz CT molecular complexity index is 1030. The molecule has 0 fully saturated rings. The molecule has 0 bridgehead atoms. The third kappa shape index (κ3) is 5.64. The fourth-order valence-corrected chi connectivity index (χ4v) is 5.88. The van der Waals surface area contributed by atoms with Gasteiger partial charge in [0.15, 0.2) is 0 Å². The summed E-state index contributed by atoms with van der Waals surface area (Å²) in [6.45, 7) is 12.7. The predicted molar refractivity (Wildman–Crippen MR) is 129 cm³/mol. The Kier molecular flexibility index (Phi) is 8.22. The Balaban J connectivity index is 3.03. The molecule has 0 spiro atoms. The zero-order valence-electron chi connectivity index (χ0n) is 19.5. The third-order valence-electron chi connectivity index (χ3n) is 4.92. The number of rotatable bonds is 8. The molecule has 0 aliphatic rings. The maximum absolute atomic E-state index is 12.9.